The molecule has 0 amide bonds. The SMILES string of the molecule is COC(=O)CCCCCCNSc1cccc2c(N(C)C)cccc12. The third-order valence-electron chi connectivity index (χ3n) is 4.16. The molecule has 0 heterocycles. The molecule has 0 atom stereocenters. The molecule has 0 spiro atoms. The lowest BCUT2D eigenvalue weighted by Gasteiger charge is -2.16. The maximum Gasteiger partial charge on any atom is 0.305 e. The molecule has 0 fully saturated rings. The number of methoxy groups -OCH3 is 1. The van der Waals surface area contributed by atoms with Crippen molar-refractivity contribution in [1.29, 1.82) is 0 Å². The van der Waals surface area contributed by atoms with Gasteiger partial charge in [0.15, 0.2) is 0 Å². The topological polar surface area (TPSA) is 41.6 Å². The van der Waals surface area contributed by atoms with Gasteiger partial charge in [-0.2, -0.15) is 0 Å². The number of nitrogens with zero attached hydrogens (tertiary/aromatic N) is 1. The molecule has 0 saturated heterocycles. The summed E-state index contributed by atoms with van der Waals surface area (Å²) in [7, 11) is 5.60. The van der Waals surface area contributed by atoms with Crippen LogP contribution in [0.4, 0.5) is 5.69 Å². The van der Waals surface area contributed by atoms with Crippen LogP contribution in [0.5, 0.6) is 0 Å². The van der Waals surface area contributed by atoms with Gasteiger partial charge in [0, 0.05) is 43.0 Å². The van der Waals surface area contributed by atoms with Gasteiger partial charge in [-0.1, -0.05) is 37.1 Å². The number of carbonyl (C=O) groups excluding carboxylic acids is 1. The Morgan fingerprint density at radius 1 is 1.04 bits per heavy atom. The quantitative estimate of drug-likeness (QED) is 0.380. The summed E-state index contributed by atoms with van der Waals surface area (Å²) in [4.78, 5) is 14.4. The van der Waals surface area contributed by atoms with Gasteiger partial charge in [0.25, 0.3) is 0 Å². The van der Waals surface area contributed by atoms with E-state index in [9.17, 15) is 4.79 Å². The molecule has 0 unspecified atom stereocenters. The molecule has 0 aliphatic carbocycles. The summed E-state index contributed by atoms with van der Waals surface area (Å²) in [6.07, 6.45) is 4.76. The Morgan fingerprint density at radius 3 is 2.52 bits per heavy atom. The number of anilines is 1. The molecule has 0 bridgehead atoms. The molecule has 0 saturated carbocycles. The number of benzene rings is 2. The van der Waals surface area contributed by atoms with Gasteiger partial charge in [-0.25, -0.2) is 0 Å². The molecule has 0 aromatic heterocycles. The molecular formula is C20H28N2O2S. The number of ether oxygens (including phenoxy) is 1. The molecule has 136 valence electrons. The van der Waals surface area contributed by atoms with Crippen molar-refractivity contribution in [2.45, 2.75) is 37.0 Å². The smallest absolute Gasteiger partial charge is 0.305 e. The monoisotopic (exact) mass is 360 g/mol. The highest BCUT2D eigenvalue weighted by atomic mass is 32.2. The van der Waals surface area contributed by atoms with Gasteiger partial charge in [-0.05, 0) is 42.3 Å². The molecular weight excluding hydrogens is 332 g/mol. The zero-order chi connectivity index (χ0) is 18.1. The largest absolute Gasteiger partial charge is 0.469 e. The minimum absolute atomic E-state index is 0.110. The summed E-state index contributed by atoms with van der Waals surface area (Å²) >= 11 is 1.70. The second-order valence-electron chi connectivity index (χ2n) is 6.26. The summed E-state index contributed by atoms with van der Waals surface area (Å²) in [5.74, 6) is -0.110. The number of unbranched alkanes of at least 4 members (excludes halogenated alkanes) is 3. The van der Waals surface area contributed by atoms with E-state index in [1.165, 1.54) is 28.5 Å². The lowest BCUT2D eigenvalue weighted by atomic mass is 10.1. The Hall–Kier alpha value is -1.72. The zero-order valence-corrected chi connectivity index (χ0v) is 16.2. The van der Waals surface area contributed by atoms with Crippen molar-refractivity contribution in [2.24, 2.45) is 0 Å². The van der Waals surface area contributed by atoms with Gasteiger partial charge in [0.05, 0.1) is 7.11 Å². The first-order valence-electron chi connectivity index (χ1n) is 8.79. The number of nitrogens with one attached hydrogen (secondary N) is 1. The fourth-order valence-corrected chi connectivity index (χ4v) is 3.63. The van der Waals surface area contributed by atoms with Crippen LogP contribution in [0.15, 0.2) is 41.3 Å². The van der Waals surface area contributed by atoms with Crippen molar-refractivity contribution >= 4 is 34.4 Å². The molecule has 2 rings (SSSR count). The van der Waals surface area contributed by atoms with Crippen LogP contribution in [0.25, 0.3) is 10.8 Å². The predicted molar refractivity (Wildman–Crippen MR) is 107 cm³/mol. The highest BCUT2D eigenvalue weighted by Crippen LogP contribution is 2.31. The predicted octanol–water partition coefficient (Wildman–Crippen LogP) is 4.63. The van der Waals surface area contributed by atoms with Crippen LogP contribution >= 0.6 is 11.9 Å². The van der Waals surface area contributed by atoms with Crippen LogP contribution < -0.4 is 9.62 Å². The molecule has 1 N–H and O–H groups in total. The molecule has 0 aliphatic heterocycles. The summed E-state index contributed by atoms with van der Waals surface area (Å²) in [6.45, 7) is 0.965. The van der Waals surface area contributed by atoms with E-state index in [1.54, 1.807) is 11.9 Å². The molecule has 4 nitrogen and oxygen atoms in total. The van der Waals surface area contributed by atoms with Gasteiger partial charge >= 0.3 is 5.97 Å². The van der Waals surface area contributed by atoms with E-state index in [2.05, 4.69) is 64.9 Å². The van der Waals surface area contributed by atoms with Crippen LogP contribution in [0.1, 0.15) is 32.1 Å². The van der Waals surface area contributed by atoms with Crippen molar-refractivity contribution < 1.29 is 9.53 Å². The normalized spacial score (nSPS) is 10.8. The first kappa shape index (κ1) is 19.6. The van der Waals surface area contributed by atoms with E-state index in [0.717, 1.165) is 32.2 Å². The number of carbonyl (C=O) groups is 1. The van der Waals surface area contributed by atoms with Crippen molar-refractivity contribution in [2.75, 3.05) is 32.6 Å². The van der Waals surface area contributed by atoms with Crippen molar-refractivity contribution in [3.8, 4) is 0 Å². The Bertz CT molecular complexity index is 688. The minimum atomic E-state index is -0.110. The molecule has 0 aliphatic rings. The molecule has 5 heteroatoms. The van der Waals surface area contributed by atoms with Gasteiger partial charge in [0.1, 0.15) is 0 Å². The van der Waals surface area contributed by atoms with E-state index >= 15 is 0 Å². The zero-order valence-electron chi connectivity index (χ0n) is 15.4. The fourth-order valence-electron chi connectivity index (χ4n) is 2.79. The first-order chi connectivity index (χ1) is 12.1. The second kappa shape index (κ2) is 10.3. The number of rotatable bonds is 10. The van der Waals surface area contributed by atoms with Gasteiger partial charge in [-0.3, -0.25) is 9.52 Å². The standard InChI is InChI=1S/C20H28N2O2S/c1-22(2)18-12-8-11-17-16(18)10-9-13-19(17)25-21-15-7-5-4-6-14-20(23)24-3/h8-13,21H,4-7,14-15H2,1-3H3. The highest BCUT2D eigenvalue weighted by molar-refractivity contribution is 7.97. The number of fused-ring (bicyclic) bond motifs is 1. The third kappa shape index (κ3) is 5.94. The summed E-state index contributed by atoms with van der Waals surface area (Å²) in [5, 5.41) is 2.56. The van der Waals surface area contributed by atoms with E-state index in [1.807, 2.05) is 0 Å². The molecule has 25 heavy (non-hydrogen) atoms. The minimum Gasteiger partial charge on any atom is -0.469 e. The lowest BCUT2D eigenvalue weighted by Crippen LogP contribution is -2.09. The number of hydrogen-bond acceptors (Lipinski definition) is 5. The molecule has 2 aromatic carbocycles. The van der Waals surface area contributed by atoms with Crippen molar-refractivity contribution in [3.63, 3.8) is 0 Å². The summed E-state index contributed by atoms with van der Waals surface area (Å²) < 4.78 is 8.11. The lowest BCUT2D eigenvalue weighted by molar-refractivity contribution is -0.140. The van der Waals surface area contributed by atoms with Gasteiger partial charge < -0.3 is 9.64 Å². The van der Waals surface area contributed by atoms with Gasteiger partial charge in [0.2, 0.25) is 0 Å². The average molecular weight is 361 g/mol. The van der Waals surface area contributed by atoms with E-state index in [4.69, 9.17) is 0 Å². The van der Waals surface area contributed by atoms with E-state index in [0.29, 0.717) is 6.42 Å². The van der Waals surface area contributed by atoms with Crippen LogP contribution in [0.2, 0.25) is 0 Å². The summed E-state index contributed by atoms with van der Waals surface area (Å²) in [5.41, 5.74) is 1.24. The Balaban J connectivity index is 1.78. The molecule has 0 radical (unpaired) electrons. The van der Waals surface area contributed by atoms with Crippen LogP contribution in [-0.4, -0.2) is 33.7 Å². The maximum absolute atomic E-state index is 11.0. The maximum atomic E-state index is 11.0. The summed E-state index contributed by atoms with van der Waals surface area (Å²) in [6, 6.07) is 12.9. The third-order valence-corrected chi connectivity index (χ3v) is 5.08. The van der Waals surface area contributed by atoms with Crippen LogP contribution in [0.3, 0.4) is 0 Å². The average Bonchev–Trinajstić information content (AvgIpc) is 2.63. The number of esters is 1. The number of hydrogen-bond donors (Lipinski definition) is 1. The van der Waals surface area contributed by atoms with Gasteiger partial charge in [-0.15, -0.1) is 0 Å². The van der Waals surface area contributed by atoms with Crippen LogP contribution in [-0.2, 0) is 9.53 Å². The highest BCUT2D eigenvalue weighted by Gasteiger charge is 2.06. The Labute approximate surface area is 155 Å². The van der Waals surface area contributed by atoms with Crippen molar-refractivity contribution in [1.82, 2.24) is 4.72 Å². The van der Waals surface area contributed by atoms with Crippen molar-refractivity contribution in [3.05, 3.63) is 36.4 Å². The van der Waals surface area contributed by atoms with E-state index < -0.39 is 0 Å². The Morgan fingerprint density at radius 2 is 1.76 bits per heavy atom. The fraction of sp³-hybridized carbons (Fsp3) is 0.450. The van der Waals surface area contributed by atoms with Crippen LogP contribution in [0, 0.1) is 0 Å². The second-order valence-corrected chi connectivity index (χ2v) is 7.19. The Kier molecular flexibility index (Phi) is 8.09. The first-order valence-corrected chi connectivity index (χ1v) is 9.60. The molecule has 2 aromatic rings. The van der Waals surface area contributed by atoms with E-state index in [-0.39, 0.29) is 5.97 Å².